The van der Waals surface area contributed by atoms with Crippen molar-refractivity contribution in [2.75, 3.05) is 6.61 Å². The lowest BCUT2D eigenvalue weighted by Crippen LogP contribution is -2.37. The zero-order chi connectivity index (χ0) is 14.8. The van der Waals surface area contributed by atoms with Crippen LogP contribution < -0.4 is 4.72 Å². The van der Waals surface area contributed by atoms with Crippen molar-refractivity contribution in [2.45, 2.75) is 51.5 Å². The van der Waals surface area contributed by atoms with Crippen molar-refractivity contribution in [1.82, 2.24) is 9.71 Å². The van der Waals surface area contributed by atoms with Gasteiger partial charge in [-0.1, -0.05) is 13.8 Å². The number of nitrogens with one attached hydrogen (secondary N) is 1. The second-order valence-corrected chi connectivity index (χ2v) is 8.77. The molecule has 0 aliphatic carbocycles. The maximum absolute atomic E-state index is 12.2. The van der Waals surface area contributed by atoms with Gasteiger partial charge in [-0.05, 0) is 19.3 Å². The summed E-state index contributed by atoms with van der Waals surface area (Å²) in [4.78, 5) is 5.28. The Hall–Kier alpha value is -0.500. The molecule has 2 rings (SSSR count). The Morgan fingerprint density at radius 1 is 1.55 bits per heavy atom. The van der Waals surface area contributed by atoms with Crippen molar-refractivity contribution in [1.29, 1.82) is 0 Å². The smallest absolute Gasteiger partial charge is 0.217 e. The highest BCUT2D eigenvalue weighted by Crippen LogP contribution is 2.21. The van der Waals surface area contributed by atoms with Crippen molar-refractivity contribution in [3.8, 4) is 0 Å². The molecule has 1 aromatic heterocycles. The number of hydrogen-bond donors (Lipinski definition) is 1. The van der Waals surface area contributed by atoms with Gasteiger partial charge in [-0.3, -0.25) is 0 Å². The molecule has 0 saturated carbocycles. The summed E-state index contributed by atoms with van der Waals surface area (Å²) in [5, 5.41) is 0.623. The van der Waals surface area contributed by atoms with Gasteiger partial charge >= 0.3 is 0 Å². The number of sulfonamides is 1. The predicted octanol–water partition coefficient (Wildman–Crippen LogP) is 1.94. The van der Waals surface area contributed by atoms with Crippen LogP contribution in [0.2, 0.25) is 0 Å². The number of rotatable bonds is 6. The molecule has 1 aliphatic rings. The van der Waals surface area contributed by atoms with E-state index in [1.165, 1.54) is 0 Å². The summed E-state index contributed by atoms with van der Waals surface area (Å²) in [6, 6.07) is 0. The zero-order valence-corrected chi connectivity index (χ0v) is 13.8. The maximum atomic E-state index is 12.2. The van der Waals surface area contributed by atoms with Gasteiger partial charge in [-0.15, -0.1) is 11.3 Å². The van der Waals surface area contributed by atoms with Gasteiger partial charge in [0.1, 0.15) is 5.25 Å². The van der Waals surface area contributed by atoms with Crippen LogP contribution in [-0.4, -0.2) is 31.4 Å². The molecule has 0 aromatic carbocycles. The Bertz CT molecular complexity index is 540. The highest BCUT2D eigenvalue weighted by atomic mass is 32.2. The summed E-state index contributed by atoms with van der Waals surface area (Å²) in [6.07, 6.45) is 3.04. The van der Waals surface area contributed by atoms with Gasteiger partial charge in [0.25, 0.3) is 0 Å². The standard InChI is InChI=1S/C13H22N2O3S2/c1-9(2)6-13-14-7-11(19-13)8-15-20(16,17)12-4-5-18-10(12)3/h7,9-10,12,15H,4-6,8H2,1-3H3/t10-,12+/m1/s1. The van der Waals surface area contributed by atoms with Gasteiger partial charge in [0.2, 0.25) is 10.0 Å². The van der Waals surface area contributed by atoms with E-state index in [1.54, 1.807) is 17.5 Å². The number of aromatic nitrogens is 1. The molecule has 114 valence electrons. The number of ether oxygens (including phenoxy) is 1. The molecule has 0 spiro atoms. The van der Waals surface area contributed by atoms with Crippen molar-refractivity contribution < 1.29 is 13.2 Å². The molecule has 0 amide bonds. The van der Waals surface area contributed by atoms with Crippen LogP contribution in [0.15, 0.2) is 6.20 Å². The summed E-state index contributed by atoms with van der Waals surface area (Å²) in [5.74, 6) is 0.558. The second kappa shape index (κ2) is 6.51. The molecule has 0 radical (unpaired) electrons. The second-order valence-electron chi connectivity index (χ2n) is 5.59. The Morgan fingerprint density at radius 3 is 2.90 bits per heavy atom. The monoisotopic (exact) mass is 318 g/mol. The molecule has 1 N–H and O–H groups in total. The van der Waals surface area contributed by atoms with E-state index in [4.69, 9.17) is 4.74 Å². The Kier molecular flexibility index (Phi) is 5.17. The van der Waals surface area contributed by atoms with Gasteiger partial charge < -0.3 is 4.74 Å². The molecule has 1 aliphatic heterocycles. The fraction of sp³-hybridized carbons (Fsp3) is 0.769. The van der Waals surface area contributed by atoms with Crippen LogP contribution in [0.3, 0.4) is 0 Å². The Balaban J connectivity index is 1.92. The molecule has 0 bridgehead atoms. The minimum absolute atomic E-state index is 0.231. The molecule has 1 fully saturated rings. The summed E-state index contributed by atoms with van der Waals surface area (Å²) in [6.45, 7) is 6.94. The normalized spacial score (nSPS) is 23.6. The summed E-state index contributed by atoms with van der Waals surface area (Å²) >= 11 is 1.58. The lowest BCUT2D eigenvalue weighted by Gasteiger charge is -2.15. The molecule has 2 atom stereocenters. The summed E-state index contributed by atoms with van der Waals surface area (Å²) in [5.41, 5.74) is 0. The molecule has 1 aromatic rings. The van der Waals surface area contributed by atoms with Crippen LogP contribution in [0.25, 0.3) is 0 Å². The van der Waals surface area contributed by atoms with Crippen molar-refractivity contribution in [3.63, 3.8) is 0 Å². The van der Waals surface area contributed by atoms with E-state index in [0.29, 0.717) is 25.5 Å². The van der Waals surface area contributed by atoms with E-state index in [1.807, 2.05) is 6.92 Å². The molecule has 2 heterocycles. The maximum Gasteiger partial charge on any atom is 0.217 e. The van der Waals surface area contributed by atoms with E-state index in [2.05, 4.69) is 23.6 Å². The highest BCUT2D eigenvalue weighted by Gasteiger charge is 2.35. The van der Waals surface area contributed by atoms with E-state index in [-0.39, 0.29) is 6.10 Å². The fourth-order valence-corrected chi connectivity index (χ4v) is 5.00. The molecule has 1 saturated heterocycles. The molecule has 20 heavy (non-hydrogen) atoms. The SMILES string of the molecule is CC(C)Cc1ncc(CNS(=O)(=O)[C@H]2CCO[C@@H]2C)s1. The van der Waals surface area contributed by atoms with Crippen molar-refractivity contribution in [2.24, 2.45) is 5.92 Å². The molecule has 0 unspecified atom stereocenters. The third-order valence-corrected chi connectivity index (χ3v) is 6.32. The average Bonchev–Trinajstić information content (AvgIpc) is 2.95. The van der Waals surface area contributed by atoms with Crippen LogP contribution in [0.1, 0.15) is 37.1 Å². The lowest BCUT2D eigenvalue weighted by molar-refractivity contribution is 0.126. The zero-order valence-electron chi connectivity index (χ0n) is 12.1. The first kappa shape index (κ1) is 15.9. The minimum atomic E-state index is -3.32. The van der Waals surface area contributed by atoms with Crippen molar-refractivity contribution in [3.05, 3.63) is 16.1 Å². The van der Waals surface area contributed by atoms with E-state index >= 15 is 0 Å². The molecule has 7 heteroatoms. The third-order valence-electron chi connectivity index (χ3n) is 3.34. The summed E-state index contributed by atoms with van der Waals surface area (Å²) in [7, 11) is -3.32. The highest BCUT2D eigenvalue weighted by molar-refractivity contribution is 7.90. The number of nitrogens with zero attached hydrogens (tertiary/aromatic N) is 1. The van der Waals surface area contributed by atoms with Gasteiger partial charge in [-0.25, -0.2) is 18.1 Å². The number of thiazole rings is 1. The summed E-state index contributed by atoms with van der Waals surface area (Å²) < 4.78 is 32.4. The molecular weight excluding hydrogens is 296 g/mol. The molecule has 5 nitrogen and oxygen atoms in total. The van der Waals surface area contributed by atoms with Gasteiger partial charge in [0.15, 0.2) is 0 Å². The van der Waals surface area contributed by atoms with Crippen LogP contribution in [0.4, 0.5) is 0 Å². The Morgan fingerprint density at radius 2 is 2.30 bits per heavy atom. The van der Waals surface area contributed by atoms with E-state index in [9.17, 15) is 8.42 Å². The van der Waals surface area contributed by atoms with Gasteiger partial charge in [-0.2, -0.15) is 0 Å². The average molecular weight is 318 g/mol. The topological polar surface area (TPSA) is 68.3 Å². The quantitative estimate of drug-likeness (QED) is 0.870. The van der Waals surface area contributed by atoms with E-state index < -0.39 is 15.3 Å². The third kappa shape index (κ3) is 4.00. The van der Waals surface area contributed by atoms with Gasteiger partial charge in [0.05, 0.1) is 11.1 Å². The van der Waals surface area contributed by atoms with Crippen LogP contribution in [0.5, 0.6) is 0 Å². The van der Waals surface area contributed by atoms with Crippen LogP contribution in [0, 0.1) is 5.92 Å². The largest absolute Gasteiger partial charge is 0.377 e. The van der Waals surface area contributed by atoms with Crippen LogP contribution in [-0.2, 0) is 27.7 Å². The van der Waals surface area contributed by atoms with Crippen molar-refractivity contribution >= 4 is 21.4 Å². The first-order valence-electron chi connectivity index (χ1n) is 6.92. The lowest BCUT2D eigenvalue weighted by atomic mass is 10.1. The van der Waals surface area contributed by atoms with E-state index in [0.717, 1.165) is 16.3 Å². The number of hydrogen-bond acceptors (Lipinski definition) is 5. The minimum Gasteiger partial charge on any atom is -0.377 e. The Labute approximate surface area is 124 Å². The van der Waals surface area contributed by atoms with Crippen LogP contribution >= 0.6 is 11.3 Å². The molecular formula is C13H22N2O3S2. The predicted molar refractivity (Wildman–Crippen MR) is 80.2 cm³/mol. The fourth-order valence-electron chi connectivity index (χ4n) is 2.27. The van der Waals surface area contributed by atoms with Gasteiger partial charge in [0, 0.05) is 30.6 Å². The first-order chi connectivity index (χ1) is 9.38. The first-order valence-corrected chi connectivity index (χ1v) is 9.28.